The Morgan fingerprint density at radius 3 is 2.94 bits per heavy atom. The smallest absolute Gasteiger partial charge is 0.328 e. The molecule has 4 heteroatoms. The molecule has 0 saturated carbocycles. The van der Waals surface area contributed by atoms with Crippen molar-refractivity contribution in [2.24, 2.45) is 0 Å². The predicted octanol–water partition coefficient (Wildman–Crippen LogP) is 2.47. The lowest BCUT2D eigenvalue weighted by molar-refractivity contribution is -0.131. The summed E-state index contributed by atoms with van der Waals surface area (Å²) < 4.78 is 13.5. The normalized spacial score (nSPS) is 11.1. The first kappa shape index (κ1) is 10.3. The van der Waals surface area contributed by atoms with Crippen molar-refractivity contribution >= 4 is 22.8 Å². The van der Waals surface area contributed by atoms with Crippen LogP contribution in [0.1, 0.15) is 5.56 Å². The predicted molar refractivity (Wildman–Crippen MR) is 58.4 cm³/mol. The topological polar surface area (TPSA) is 50.2 Å². The number of rotatable bonds is 2. The van der Waals surface area contributed by atoms with Crippen molar-refractivity contribution in [3.8, 4) is 0 Å². The number of hydrogen-bond donors (Lipinski definition) is 1. The molecular weight excluding hydrogens is 209 g/mol. The minimum atomic E-state index is -1.11. The molecule has 0 amide bonds. The zero-order valence-corrected chi connectivity index (χ0v) is 8.22. The van der Waals surface area contributed by atoms with Crippen LogP contribution in [0.3, 0.4) is 0 Å². The number of halogens is 1. The van der Waals surface area contributed by atoms with Crippen molar-refractivity contribution in [2.75, 3.05) is 0 Å². The Kier molecular flexibility index (Phi) is 2.64. The second kappa shape index (κ2) is 4.10. The molecule has 0 atom stereocenters. The molecule has 0 aliphatic heterocycles. The first-order valence-electron chi connectivity index (χ1n) is 4.62. The molecule has 80 valence electrons. The minimum absolute atomic E-state index is 0.266. The van der Waals surface area contributed by atoms with E-state index >= 15 is 0 Å². The monoisotopic (exact) mass is 217 g/mol. The number of nitrogens with zero attached hydrogens (tertiary/aromatic N) is 1. The number of benzene rings is 1. The van der Waals surface area contributed by atoms with Gasteiger partial charge in [0.15, 0.2) is 0 Å². The quantitative estimate of drug-likeness (QED) is 0.786. The third-order valence-corrected chi connectivity index (χ3v) is 2.20. The summed E-state index contributed by atoms with van der Waals surface area (Å²) in [6.45, 7) is 0. The third kappa shape index (κ3) is 1.91. The molecule has 1 N–H and O–H groups in total. The first-order valence-corrected chi connectivity index (χ1v) is 4.62. The summed E-state index contributed by atoms with van der Waals surface area (Å²) in [7, 11) is 0. The SMILES string of the molecule is O=C(O)/C=C/c1c(F)ccc2cnccc12. The summed E-state index contributed by atoms with van der Waals surface area (Å²) in [4.78, 5) is 14.3. The molecule has 0 radical (unpaired) electrons. The maximum atomic E-state index is 13.5. The Hall–Kier alpha value is -2.23. The van der Waals surface area contributed by atoms with Crippen molar-refractivity contribution in [1.82, 2.24) is 4.98 Å². The van der Waals surface area contributed by atoms with Gasteiger partial charge in [0.2, 0.25) is 0 Å². The van der Waals surface area contributed by atoms with Crippen molar-refractivity contribution < 1.29 is 14.3 Å². The summed E-state index contributed by atoms with van der Waals surface area (Å²) in [5, 5.41) is 9.93. The lowest BCUT2D eigenvalue weighted by atomic mass is 10.1. The number of carbonyl (C=O) groups is 1. The van der Waals surface area contributed by atoms with Crippen LogP contribution >= 0.6 is 0 Å². The Morgan fingerprint density at radius 2 is 2.19 bits per heavy atom. The summed E-state index contributed by atoms with van der Waals surface area (Å²) in [6, 6.07) is 4.56. The van der Waals surface area contributed by atoms with Gasteiger partial charge in [0.25, 0.3) is 0 Å². The van der Waals surface area contributed by atoms with Crippen LogP contribution in [0.4, 0.5) is 4.39 Å². The van der Waals surface area contributed by atoms with E-state index in [4.69, 9.17) is 5.11 Å². The summed E-state index contributed by atoms with van der Waals surface area (Å²) in [5.74, 6) is -1.55. The van der Waals surface area contributed by atoms with Crippen molar-refractivity contribution in [3.63, 3.8) is 0 Å². The number of aromatic nitrogens is 1. The zero-order chi connectivity index (χ0) is 11.5. The fourth-order valence-electron chi connectivity index (χ4n) is 1.49. The van der Waals surface area contributed by atoms with Crippen LogP contribution in [-0.2, 0) is 4.79 Å². The molecule has 1 aromatic carbocycles. The third-order valence-electron chi connectivity index (χ3n) is 2.20. The van der Waals surface area contributed by atoms with Crippen molar-refractivity contribution in [1.29, 1.82) is 0 Å². The average Bonchev–Trinajstić information content (AvgIpc) is 2.27. The van der Waals surface area contributed by atoms with Gasteiger partial charge in [-0.25, -0.2) is 9.18 Å². The fraction of sp³-hybridized carbons (Fsp3) is 0. The molecule has 16 heavy (non-hydrogen) atoms. The van der Waals surface area contributed by atoms with Crippen LogP contribution in [0, 0.1) is 5.82 Å². The number of fused-ring (bicyclic) bond motifs is 1. The Labute approximate surface area is 90.9 Å². The highest BCUT2D eigenvalue weighted by Gasteiger charge is 2.04. The van der Waals surface area contributed by atoms with E-state index < -0.39 is 11.8 Å². The maximum Gasteiger partial charge on any atom is 0.328 e. The molecule has 0 fully saturated rings. The molecule has 0 unspecified atom stereocenters. The van der Waals surface area contributed by atoms with Crippen LogP contribution < -0.4 is 0 Å². The molecule has 0 saturated heterocycles. The van der Waals surface area contributed by atoms with Gasteiger partial charge in [0, 0.05) is 29.4 Å². The molecule has 0 aliphatic rings. The molecule has 2 rings (SSSR count). The van der Waals surface area contributed by atoms with Crippen molar-refractivity contribution in [2.45, 2.75) is 0 Å². The van der Waals surface area contributed by atoms with Gasteiger partial charge in [0.05, 0.1) is 0 Å². The van der Waals surface area contributed by atoms with Gasteiger partial charge in [-0.3, -0.25) is 4.98 Å². The summed E-state index contributed by atoms with van der Waals surface area (Å²) in [5.41, 5.74) is 0.266. The lowest BCUT2D eigenvalue weighted by Crippen LogP contribution is -1.89. The second-order valence-corrected chi connectivity index (χ2v) is 3.23. The van der Waals surface area contributed by atoms with Crippen LogP contribution in [0.2, 0.25) is 0 Å². The molecule has 0 aliphatic carbocycles. The van der Waals surface area contributed by atoms with Crippen molar-refractivity contribution in [3.05, 3.63) is 48.0 Å². The van der Waals surface area contributed by atoms with E-state index in [2.05, 4.69) is 4.98 Å². The minimum Gasteiger partial charge on any atom is -0.478 e. The fourth-order valence-corrected chi connectivity index (χ4v) is 1.49. The van der Waals surface area contributed by atoms with Gasteiger partial charge in [-0.1, -0.05) is 0 Å². The highest BCUT2D eigenvalue weighted by atomic mass is 19.1. The van der Waals surface area contributed by atoms with E-state index in [0.29, 0.717) is 5.39 Å². The highest BCUT2D eigenvalue weighted by Crippen LogP contribution is 2.21. The van der Waals surface area contributed by atoms with E-state index in [-0.39, 0.29) is 5.56 Å². The molecule has 0 spiro atoms. The summed E-state index contributed by atoms with van der Waals surface area (Å²) in [6.07, 6.45) is 5.31. The standard InChI is InChI=1S/C12H8FNO2/c13-11-3-1-8-7-14-6-5-9(8)10(11)2-4-12(15)16/h1-7H,(H,15,16)/b4-2+. The summed E-state index contributed by atoms with van der Waals surface area (Å²) >= 11 is 0. The van der Waals surface area contributed by atoms with Gasteiger partial charge in [-0.15, -0.1) is 0 Å². The van der Waals surface area contributed by atoms with Crippen LogP contribution in [0.15, 0.2) is 36.7 Å². The second-order valence-electron chi connectivity index (χ2n) is 3.23. The van der Waals surface area contributed by atoms with Crippen LogP contribution in [0.5, 0.6) is 0 Å². The molecule has 0 bridgehead atoms. The Balaban J connectivity index is 2.66. The van der Waals surface area contributed by atoms with Gasteiger partial charge in [-0.05, 0) is 29.7 Å². The highest BCUT2D eigenvalue weighted by molar-refractivity contribution is 5.94. The van der Waals surface area contributed by atoms with E-state index in [0.717, 1.165) is 11.5 Å². The molecular formula is C12H8FNO2. The van der Waals surface area contributed by atoms with E-state index in [1.807, 2.05) is 0 Å². The molecule has 1 heterocycles. The molecule has 1 aromatic heterocycles. The van der Waals surface area contributed by atoms with E-state index in [9.17, 15) is 9.18 Å². The Bertz CT molecular complexity index is 578. The number of aliphatic carboxylic acids is 1. The number of carboxylic acid groups (broad SMARTS) is 1. The molecule has 3 nitrogen and oxygen atoms in total. The van der Waals surface area contributed by atoms with Gasteiger partial charge in [-0.2, -0.15) is 0 Å². The zero-order valence-electron chi connectivity index (χ0n) is 8.22. The van der Waals surface area contributed by atoms with Crippen LogP contribution in [0.25, 0.3) is 16.8 Å². The van der Waals surface area contributed by atoms with Gasteiger partial charge < -0.3 is 5.11 Å². The van der Waals surface area contributed by atoms with Gasteiger partial charge in [0.1, 0.15) is 5.82 Å². The average molecular weight is 217 g/mol. The van der Waals surface area contributed by atoms with E-state index in [1.165, 1.54) is 12.1 Å². The van der Waals surface area contributed by atoms with E-state index in [1.54, 1.807) is 24.5 Å². The number of hydrogen-bond acceptors (Lipinski definition) is 2. The first-order chi connectivity index (χ1) is 7.68. The van der Waals surface area contributed by atoms with Gasteiger partial charge >= 0.3 is 5.97 Å². The number of pyridine rings is 1. The molecule has 2 aromatic rings. The maximum absolute atomic E-state index is 13.5. The Morgan fingerprint density at radius 1 is 1.38 bits per heavy atom. The van der Waals surface area contributed by atoms with Crippen LogP contribution in [-0.4, -0.2) is 16.1 Å². The lowest BCUT2D eigenvalue weighted by Gasteiger charge is -2.02. The largest absolute Gasteiger partial charge is 0.478 e. The number of carboxylic acids is 1.